The zero-order chi connectivity index (χ0) is 24.1. The average molecular weight is 476 g/mol. The molecule has 3 aromatic carbocycles. The van der Waals surface area contributed by atoms with Crippen LogP contribution in [0.25, 0.3) is 10.1 Å². The third-order valence-corrected chi connectivity index (χ3v) is 6.33. The number of carbonyl (C=O) groups is 3. The lowest BCUT2D eigenvalue weighted by Gasteiger charge is -2.29. The highest BCUT2D eigenvalue weighted by Crippen LogP contribution is 2.30. The molecule has 1 heterocycles. The largest absolute Gasteiger partial charge is 0.465 e. The SMILES string of the molecule is O=C(NO)c1cc2ccc(NC(=O)[C@H](c3ccccc3)N(Cc3ccccc3)C(=O)O)cc2s1. The molecule has 0 unspecified atom stereocenters. The Hall–Kier alpha value is -4.21. The number of thiophene rings is 1. The molecule has 3 amide bonds. The molecule has 0 aliphatic heterocycles. The first kappa shape index (κ1) is 23.0. The molecular formula is C25H21N3O5S. The molecule has 1 atom stereocenters. The van der Waals surface area contributed by atoms with Gasteiger partial charge in [0.25, 0.3) is 11.8 Å². The van der Waals surface area contributed by atoms with Gasteiger partial charge in [-0.15, -0.1) is 11.3 Å². The van der Waals surface area contributed by atoms with Crippen molar-refractivity contribution in [3.63, 3.8) is 0 Å². The predicted molar refractivity (Wildman–Crippen MR) is 129 cm³/mol. The van der Waals surface area contributed by atoms with Crippen LogP contribution in [-0.2, 0) is 11.3 Å². The van der Waals surface area contributed by atoms with Gasteiger partial charge in [-0.05, 0) is 34.7 Å². The van der Waals surface area contributed by atoms with Gasteiger partial charge in [-0.25, -0.2) is 10.3 Å². The van der Waals surface area contributed by atoms with Crippen LogP contribution in [0.2, 0.25) is 0 Å². The summed E-state index contributed by atoms with van der Waals surface area (Å²) in [4.78, 5) is 38.8. The van der Waals surface area contributed by atoms with Crippen LogP contribution in [-0.4, -0.2) is 33.1 Å². The first-order valence-electron chi connectivity index (χ1n) is 10.3. The summed E-state index contributed by atoms with van der Waals surface area (Å²) in [6.07, 6.45) is -1.22. The van der Waals surface area contributed by atoms with Gasteiger partial charge in [-0.2, -0.15) is 0 Å². The van der Waals surface area contributed by atoms with Crippen LogP contribution in [0.15, 0.2) is 84.9 Å². The van der Waals surface area contributed by atoms with Gasteiger partial charge >= 0.3 is 6.09 Å². The summed E-state index contributed by atoms with van der Waals surface area (Å²) in [5, 5.41) is 22.4. The monoisotopic (exact) mass is 475 g/mol. The molecule has 34 heavy (non-hydrogen) atoms. The molecule has 4 rings (SSSR count). The molecule has 0 radical (unpaired) electrons. The van der Waals surface area contributed by atoms with E-state index in [-0.39, 0.29) is 6.54 Å². The predicted octanol–water partition coefficient (Wildman–Crippen LogP) is 4.88. The zero-order valence-corrected chi connectivity index (χ0v) is 18.7. The lowest BCUT2D eigenvalue weighted by Crippen LogP contribution is -2.40. The Kier molecular flexibility index (Phi) is 6.86. The minimum absolute atomic E-state index is 0.0345. The Morgan fingerprint density at radius 1 is 0.912 bits per heavy atom. The van der Waals surface area contributed by atoms with Crippen LogP contribution in [0, 0.1) is 0 Å². The highest BCUT2D eigenvalue weighted by molar-refractivity contribution is 7.20. The van der Waals surface area contributed by atoms with Crippen LogP contribution in [0.5, 0.6) is 0 Å². The number of rotatable bonds is 7. The van der Waals surface area contributed by atoms with Crippen molar-refractivity contribution in [1.29, 1.82) is 0 Å². The summed E-state index contributed by atoms with van der Waals surface area (Å²) in [5.41, 5.74) is 3.36. The van der Waals surface area contributed by atoms with Gasteiger partial charge in [0.2, 0.25) is 0 Å². The maximum absolute atomic E-state index is 13.4. The molecule has 0 fully saturated rings. The van der Waals surface area contributed by atoms with Crippen molar-refractivity contribution in [2.24, 2.45) is 0 Å². The Morgan fingerprint density at radius 2 is 1.59 bits per heavy atom. The van der Waals surface area contributed by atoms with Crippen LogP contribution >= 0.6 is 11.3 Å². The fraction of sp³-hybridized carbons (Fsp3) is 0.0800. The van der Waals surface area contributed by atoms with Crippen LogP contribution < -0.4 is 10.8 Å². The van der Waals surface area contributed by atoms with Gasteiger partial charge < -0.3 is 10.4 Å². The number of amides is 3. The number of fused-ring (bicyclic) bond motifs is 1. The Bertz CT molecular complexity index is 1320. The normalized spacial score (nSPS) is 11.6. The fourth-order valence-corrected chi connectivity index (χ4v) is 4.64. The third kappa shape index (κ3) is 5.06. The topological polar surface area (TPSA) is 119 Å². The Labute approximate surface area is 199 Å². The second-order valence-corrected chi connectivity index (χ2v) is 8.59. The number of hydroxylamine groups is 1. The summed E-state index contributed by atoms with van der Waals surface area (Å²) >= 11 is 1.16. The second kappa shape index (κ2) is 10.2. The van der Waals surface area contributed by atoms with Crippen molar-refractivity contribution in [3.05, 3.63) is 101 Å². The molecule has 1 aromatic heterocycles. The average Bonchev–Trinajstić information content (AvgIpc) is 3.28. The number of hydrogen-bond acceptors (Lipinski definition) is 5. The number of hydrogen-bond donors (Lipinski definition) is 4. The summed E-state index contributed by atoms with van der Waals surface area (Å²) < 4.78 is 0.729. The molecule has 9 heteroatoms. The zero-order valence-electron chi connectivity index (χ0n) is 17.8. The van der Waals surface area contributed by atoms with E-state index in [4.69, 9.17) is 5.21 Å². The minimum Gasteiger partial charge on any atom is -0.465 e. The maximum Gasteiger partial charge on any atom is 0.408 e. The van der Waals surface area contributed by atoms with E-state index in [0.29, 0.717) is 16.1 Å². The van der Waals surface area contributed by atoms with E-state index in [2.05, 4.69) is 5.32 Å². The molecule has 8 nitrogen and oxygen atoms in total. The van der Waals surface area contributed by atoms with E-state index in [9.17, 15) is 19.5 Å². The smallest absolute Gasteiger partial charge is 0.408 e. The van der Waals surface area contributed by atoms with Crippen molar-refractivity contribution in [3.8, 4) is 0 Å². The molecule has 0 spiro atoms. The summed E-state index contributed by atoms with van der Waals surface area (Å²) in [7, 11) is 0. The first-order chi connectivity index (χ1) is 16.5. The van der Waals surface area contributed by atoms with Gasteiger partial charge in [-0.1, -0.05) is 66.7 Å². The summed E-state index contributed by atoms with van der Waals surface area (Å²) in [6.45, 7) is 0.0345. The highest BCUT2D eigenvalue weighted by atomic mass is 32.1. The van der Waals surface area contributed by atoms with Crippen LogP contribution in [0.3, 0.4) is 0 Å². The second-order valence-electron chi connectivity index (χ2n) is 7.50. The van der Waals surface area contributed by atoms with Gasteiger partial charge in [-0.3, -0.25) is 19.7 Å². The highest BCUT2D eigenvalue weighted by Gasteiger charge is 2.31. The van der Waals surface area contributed by atoms with Crippen LogP contribution in [0.1, 0.15) is 26.8 Å². The number of carboxylic acid groups (broad SMARTS) is 1. The number of nitrogens with one attached hydrogen (secondary N) is 2. The molecule has 0 aliphatic rings. The molecule has 0 aliphatic carbocycles. The molecule has 0 bridgehead atoms. The van der Waals surface area contributed by atoms with E-state index >= 15 is 0 Å². The molecule has 4 aromatic rings. The first-order valence-corrected chi connectivity index (χ1v) is 11.2. The van der Waals surface area contributed by atoms with Gasteiger partial charge in [0.15, 0.2) is 0 Å². The van der Waals surface area contributed by atoms with E-state index in [0.717, 1.165) is 31.9 Å². The van der Waals surface area contributed by atoms with Crippen molar-refractivity contribution < 1.29 is 24.7 Å². The van der Waals surface area contributed by atoms with Crippen molar-refractivity contribution >= 4 is 45.0 Å². The van der Waals surface area contributed by atoms with Crippen molar-refractivity contribution in [2.45, 2.75) is 12.6 Å². The minimum atomic E-state index is -1.22. The summed E-state index contributed by atoms with van der Waals surface area (Å²) in [6, 6.07) is 23.5. The van der Waals surface area contributed by atoms with Crippen LogP contribution in [0.4, 0.5) is 10.5 Å². The molecule has 0 saturated heterocycles. The van der Waals surface area contributed by atoms with Gasteiger partial charge in [0, 0.05) is 10.4 Å². The molecule has 4 N–H and O–H groups in total. The van der Waals surface area contributed by atoms with E-state index < -0.39 is 23.9 Å². The summed E-state index contributed by atoms with van der Waals surface area (Å²) in [5.74, 6) is -1.12. The number of benzene rings is 3. The Balaban J connectivity index is 1.65. The van der Waals surface area contributed by atoms with Crippen molar-refractivity contribution in [1.82, 2.24) is 10.4 Å². The standard InChI is InChI=1S/C25H21N3O5S/c29-23(27-33)21-13-18-11-12-19(14-20(18)34-21)26-24(30)22(17-9-5-2-6-10-17)28(25(31)32)15-16-7-3-1-4-8-16/h1-14,22,33H,15H2,(H,26,30)(H,27,29)(H,31,32)/t22-/m0/s1. The number of carbonyl (C=O) groups excluding carboxylic acids is 2. The number of anilines is 1. The van der Waals surface area contributed by atoms with E-state index in [1.165, 1.54) is 0 Å². The fourth-order valence-electron chi connectivity index (χ4n) is 3.64. The van der Waals surface area contributed by atoms with E-state index in [1.54, 1.807) is 72.2 Å². The van der Waals surface area contributed by atoms with Gasteiger partial charge in [0.1, 0.15) is 6.04 Å². The Morgan fingerprint density at radius 3 is 2.24 bits per heavy atom. The maximum atomic E-state index is 13.4. The molecule has 0 saturated carbocycles. The third-order valence-electron chi connectivity index (χ3n) is 5.23. The lowest BCUT2D eigenvalue weighted by molar-refractivity contribution is -0.121. The lowest BCUT2D eigenvalue weighted by atomic mass is 10.0. The van der Waals surface area contributed by atoms with Gasteiger partial charge in [0.05, 0.1) is 11.4 Å². The molecule has 172 valence electrons. The van der Waals surface area contributed by atoms with E-state index in [1.807, 2.05) is 18.2 Å². The quantitative estimate of drug-likeness (QED) is 0.224. The van der Waals surface area contributed by atoms with Crippen molar-refractivity contribution in [2.75, 3.05) is 5.32 Å². The number of nitrogens with zero attached hydrogens (tertiary/aromatic N) is 1. The molecular weight excluding hydrogens is 454 g/mol.